The van der Waals surface area contributed by atoms with Gasteiger partial charge in [0.1, 0.15) is 19.3 Å². The van der Waals surface area contributed by atoms with Crippen LogP contribution in [-0.2, 0) is 43.5 Å². The SMILES string of the molecule is N[C@@H](Cc1ccccc1)C(=O)N[C@@H](CCC(=O)OCc1ccccc1)C(=O)OCc1ccccc1. The van der Waals surface area contributed by atoms with Crippen LogP contribution in [0.15, 0.2) is 91.0 Å². The summed E-state index contributed by atoms with van der Waals surface area (Å²) in [6.45, 7) is 0.192. The Morgan fingerprint density at radius 3 is 1.74 bits per heavy atom. The lowest BCUT2D eigenvalue weighted by atomic mass is 10.1. The van der Waals surface area contributed by atoms with Crippen LogP contribution in [0.5, 0.6) is 0 Å². The number of hydrogen-bond acceptors (Lipinski definition) is 6. The topological polar surface area (TPSA) is 108 Å². The van der Waals surface area contributed by atoms with Gasteiger partial charge in [-0.2, -0.15) is 0 Å². The molecule has 0 heterocycles. The Morgan fingerprint density at radius 2 is 1.20 bits per heavy atom. The van der Waals surface area contributed by atoms with Crippen molar-refractivity contribution in [3.63, 3.8) is 0 Å². The second-order valence-electron chi connectivity index (χ2n) is 8.14. The fraction of sp³-hybridized carbons (Fsp3) is 0.250. The molecule has 0 radical (unpaired) electrons. The molecule has 7 nitrogen and oxygen atoms in total. The van der Waals surface area contributed by atoms with Gasteiger partial charge in [-0.05, 0) is 29.5 Å². The van der Waals surface area contributed by atoms with Gasteiger partial charge >= 0.3 is 11.9 Å². The highest BCUT2D eigenvalue weighted by molar-refractivity contribution is 5.88. The molecule has 0 aromatic heterocycles. The van der Waals surface area contributed by atoms with Crippen LogP contribution >= 0.6 is 0 Å². The third-order valence-electron chi connectivity index (χ3n) is 5.34. The van der Waals surface area contributed by atoms with Crippen molar-refractivity contribution in [3.8, 4) is 0 Å². The van der Waals surface area contributed by atoms with E-state index < -0.39 is 29.9 Å². The smallest absolute Gasteiger partial charge is 0.328 e. The number of carbonyl (C=O) groups is 3. The lowest BCUT2D eigenvalue weighted by molar-refractivity contribution is -0.150. The van der Waals surface area contributed by atoms with Gasteiger partial charge in [0.05, 0.1) is 6.04 Å². The number of amides is 1. The van der Waals surface area contributed by atoms with Crippen LogP contribution in [-0.4, -0.2) is 29.9 Å². The van der Waals surface area contributed by atoms with Crippen LogP contribution in [0, 0.1) is 0 Å². The Bertz CT molecular complexity index is 1070. The van der Waals surface area contributed by atoms with E-state index in [-0.39, 0.29) is 26.1 Å². The maximum absolute atomic E-state index is 12.8. The van der Waals surface area contributed by atoms with E-state index in [2.05, 4.69) is 5.32 Å². The lowest BCUT2D eigenvalue weighted by Crippen LogP contribution is -2.49. The van der Waals surface area contributed by atoms with Gasteiger partial charge in [0, 0.05) is 6.42 Å². The third kappa shape index (κ3) is 9.06. The highest BCUT2D eigenvalue weighted by Crippen LogP contribution is 2.09. The highest BCUT2D eigenvalue weighted by atomic mass is 16.5. The zero-order chi connectivity index (χ0) is 24.9. The molecule has 3 rings (SSSR count). The van der Waals surface area contributed by atoms with Crippen molar-refractivity contribution in [2.24, 2.45) is 5.73 Å². The average molecular weight is 475 g/mol. The molecule has 0 bridgehead atoms. The van der Waals surface area contributed by atoms with E-state index in [1.807, 2.05) is 91.0 Å². The summed E-state index contributed by atoms with van der Waals surface area (Å²) in [7, 11) is 0. The number of esters is 2. The molecule has 0 aliphatic rings. The Hall–Kier alpha value is -3.97. The molecule has 3 N–H and O–H groups in total. The summed E-state index contributed by atoms with van der Waals surface area (Å²) >= 11 is 0. The van der Waals surface area contributed by atoms with Gasteiger partial charge in [-0.25, -0.2) is 4.79 Å². The summed E-state index contributed by atoms with van der Waals surface area (Å²) in [5, 5.41) is 2.66. The molecule has 35 heavy (non-hydrogen) atoms. The molecular weight excluding hydrogens is 444 g/mol. The molecule has 2 atom stereocenters. The predicted octanol–water partition coefficient (Wildman–Crippen LogP) is 3.31. The van der Waals surface area contributed by atoms with Gasteiger partial charge in [0.25, 0.3) is 0 Å². The molecule has 0 saturated carbocycles. The van der Waals surface area contributed by atoms with Gasteiger partial charge in [-0.3, -0.25) is 9.59 Å². The minimum absolute atomic E-state index is 0.0328. The summed E-state index contributed by atoms with van der Waals surface area (Å²) in [5.74, 6) is -1.60. The predicted molar refractivity (Wildman–Crippen MR) is 132 cm³/mol. The van der Waals surface area contributed by atoms with Gasteiger partial charge < -0.3 is 20.5 Å². The number of ether oxygens (including phenoxy) is 2. The Morgan fingerprint density at radius 1 is 0.714 bits per heavy atom. The molecule has 3 aromatic rings. The third-order valence-corrected chi connectivity index (χ3v) is 5.34. The number of benzene rings is 3. The number of rotatable bonds is 12. The Balaban J connectivity index is 1.57. The zero-order valence-electron chi connectivity index (χ0n) is 19.5. The van der Waals surface area contributed by atoms with Crippen LogP contribution in [0.1, 0.15) is 29.5 Å². The van der Waals surface area contributed by atoms with E-state index >= 15 is 0 Å². The normalized spacial score (nSPS) is 12.3. The molecule has 0 saturated heterocycles. The van der Waals surface area contributed by atoms with Crippen molar-refractivity contribution >= 4 is 17.8 Å². The standard InChI is InChI=1S/C28H30N2O5/c29-24(18-21-10-4-1-5-11-21)27(32)30-25(28(33)35-20-23-14-8-3-9-15-23)16-17-26(31)34-19-22-12-6-2-7-13-22/h1-15,24-25H,16-20,29H2,(H,30,32)/t24-,25-/m0/s1. The van der Waals surface area contributed by atoms with E-state index in [1.165, 1.54) is 0 Å². The molecular formula is C28H30N2O5. The van der Waals surface area contributed by atoms with Gasteiger partial charge in [-0.15, -0.1) is 0 Å². The second-order valence-corrected chi connectivity index (χ2v) is 8.14. The van der Waals surface area contributed by atoms with Crippen LogP contribution < -0.4 is 11.1 Å². The largest absolute Gasteiger partial charge is 0.461 e. The van der Waals surface area contributed by atoms with E-state index in [0.29, 0.717) is 6.42 Å². The van der Waals surface area contributed by atoms with Gasteiger partial charge in [-0.1, -0.05) is 91.0 Å². The maximum atomic E-state index is 12.8. The number of nitrogens with two attached hydrogens (primary N) is 1. The summed E-state index contributed by atoms with van der Waals surface area (Å²) in [6.07, 6.45) is 0.286. The molecule has 3 aromatic carbocycles. The molecule has 1 amide bonds. The van der Waals surface area contributed by atoms with Crippen molar-refractivity contribution in [2.75, 3.05) is 0 Å². The van der Waals surface area contributed by atoms with Crippen molar-refractivity contribution < 1.29 is 23.9 Å². The van der Waals surface area contributed by atoms with Crippen molar-refractivity contribution in [2.45, 2.75) is 44.6 Å². The first-order chi connectivity index (χ1) is 17.0. The molecule has 0 aliphatic heterocycles. The molecule has 182 valence electrons. The van der Waals surface area contributed by atoms with Crippen molar-refractivity contribution in [1.82, 2.24) is 5.32 Å². The highest BCUT2D eigenvalue weighted by Gasteiger charge is 2.26. The summed E-state index contributed by atoms with van der Waals surface area (Å²) in [4.78, 5) is 37.8. The quantitative estimate of drug-likeness (QED) is 0.390. The van der Waals surface area contributed by atoms with Crippen LogP contribution in [0.2, 0.25) is 0 Å². The summed E-state index contributed by atoms with van der Waals surface area (Å²) < 4.78 is 10.7. The van der Waals surface area contributed by atoms with E-state index in [4.69, 9.17) is 15.2 Å². The maximum Gasteiger partial charge on any atom is 0.328 e. The Labute approximate surface area is 205 Å². The Kier molecular flexibility index (Phi) is 10.0. The first kappa shape index (κ1) is 25.6. The number of hydrogen-bond donors (Lipinski definition) is 2. The molecule has 0 aliphatic carbocycles. The van der Waals surface area contributed by atoms with E-state index in [9.17, 15) is 14.4 Å². The van der Waals surface area contributed by atoms with Crippen molar-refractivity contribution in [3.05, 3.63) is 108 Å². The number of carbonyl (C=O) groups excluding carboxylic acids is 3. The molecule has 7 heteroatoms. The minimum Gasteiger partial charge on any atom is -0.461 e. The van der Waals surface area contributed by atoms with Crippen molar-refractivity contribution in [1.29, 1.82) is 0 Å². The van der Waals surface area contributed by atoms with Crippen LogP contribution in [0.4, 0.5) is 0 Å². The number of nitrogens with one attached hydrogen (secondary N) is 1. The van der Waals surface area contributed by atoms with Crippen LogP contribution in [0.25, 0.3) is 0 Å². The first-order valence-corrected chi connectivity index (χ1v) is 11.5. The second kappa shape index (κ2) is 13.7. The summed E-state index contributed by atoms with van der Waals surface area (Å²) in [5.41, 5.74) is 8.66. The first-order valence-electron chi connectivity index (χ1n) is 11.5. The summed E-state index contributed by atoms with van der Waals surface area (Å²) in [6, 6.07) is 26.0. The van der Waals surface area contributed by atoms with Gasteiger partial charge in [0.15, 0.2) is 0 Å². The monoisotopic (exact) mass is 474 g/mol. The molecule has 0 fully saturated rings. The average Bonchev–Trinajstić information content (AvgIpc) is 2.90. The van der Waals surface area contributed by atoms with E-state index in [1.54, 1.807) is 0 Å². The van der Waals surface area contributed by atoms with Gasteiger partial charge in [0.2, 0.25) is 5.91 Å². The fourth-order valence-corrected chi connectivity index (χ4v) is 3.39. The van der Waals surface area contributed by atoms with E-state index in [0.717, 1.165) is 16.7 Å². The molecule has 0 unspecified atom stereocenters. The fourth-order valence-electron chi connectivity index (χ4n) is 3.39. The zero-order valence-corrected chi connectivity index (χ0v) is 19.5. The molecule has 0 spiro atoms. The van der Waals surface area contributed by atoms with Crippen LogP contribution in [0.3, 0.4) is 0 Å². The minimum atomic E-state index is -1.03. The lowest BCUT2D eigenvalue weighted by Gasteiger charge is -2.20.